The van der Waals surface area contributed by atoms with Gasteiger partial charge in [0, 0.05) is 21.5 Å². The topological polar surface area (TPSA) is 9.86 Å². The SMILES string of the molecule is Fc1ccc(-c2cc(-n3c4ccc(-c5ccccc5)cc4c4cc(-c5ccccc5)ccc43)c(C(F)(F)F)c(-n3c4ccc(-c5ccccc5)cc4c4cc(-c5ccccc5)ccc43)c2)cc1. The number of aromatic nitrogens is 2. The van der Waals surface area contributed by atoms with Crippen molar-refractivity contribution in [1.29, 1.82) is 0 Å². The maximum absolute atomic E-state index is 16.7. The minimum Gasteiger partial charge on any atom is -0.309 e. The van der Waals surface area contributed by atoms with Gasteiger partial charge in [-0.05, 0) is 128 Å². The van der Waals surface area contributed by atoms with E-state index >= 15 is 13.2 Å². The van der Waals surface area contributed by atoms with Gasteiger partial charge >= 0.3 is 6.18 Å². The summed E-state index contributed by atoms with van der Waals surface area (Å²) in [4.78, 5) is 0. The number of hydrogen-bond acceptors (Lipinski definition) is 0. The van der Waals surface area contributed by atoms with Gasteiger partial charge in [-0.2, -0.15) is 13.2 Å². The largest absolute Gasteiger partial charge is 0.420 e. The third kappa shape index (κ3) is 6.97. The molecule has 0 atom stereocenters. The van der Waals surface area contributed by atoms with Gasteiger partial charge in [0.25, 0.3) is 0 Å². The summed E-state index contributed by atoms with van der Waals surface area (Å²) in [6, 6.07) is 73.1. The van der Waals surface area contributed by atoms with E-state index in [4.69, 9.17) is 0 Å². The lowest BCUT2D eigenvalue weighted by atomic mass is 9.98. The van der Waals surface area contributed by atoms with Gasteiger partial charge in [-0.1, -0.05) is 158 Å². The van der Waals surface area contributed by atoms with Crippen molar-refractivity contribution in [2.75, 3.05) is 0 Å². The van der Waals surface area contributed by atoms with Crippen LogP contribution in [0.5, 0.6) is 0 Å². The molecule has 0 N–H and O–H groups in total. The van der Waals surface area contributed by atoms with Crippen LogP contribution in [0.4, 0.5) is 17.6 Å². The van der Waals surface area contributed by atoms with E-state index < -0.39 is 17.6 Å². The van der Waals surface area contributed by atoms with Gasteiger partial charge in [0.05, 0.1) is 33.4 Å². The molecule has 67 heavy (non-hydrogen) atoms. The minimum atomic E-state index is -4.85. The Labute approximate surface area is 383 Å². The molecule has 6 heteroatoms. The van der Waals surface area contributed by atoms with Crippen molar-refractivity contribution in [2.45, 2.75) is 6.18 Å². The number of halogens is 4. The van der Waals surface area contributed by atoms with Crippen LogP contribution in [0.2, 0.25) is 0 Å². The molecule has 10 aromatic carbocycles. The van der Waals surface area contributed by atoms with Gasteiger partial charge in [0.2, 0.25) is 0 Å². The monoisotopic (exact) mass is 874 g/mol. The van der Waals surface area contributed by atoms with E-state index in [0.29, 0.717) is 33.2 Å². The predicted octanol–water partition coefficient (Wildman–Crippen LogP) is 17.4. The molecule has 0 spiro atoms. The summed E-state index contributed by atoms with van der Waals surface area (Å²) in [5, 5.41) is 3.26. The highest BCUT2D eigenvalue weighted by molar-refractivity contribution is 6.13. The Morgan fingerprint density at radius 3 is 0.821 bits per heavy atom. The minimum absolute atomic E-state index is 0.0407. The molecule has 320 valence electrons. The van der Waals surface area contributed by atoms with E-state index in [1.807, 2.05) is 170 Å². The zero-order chi connectivity index (χ0) is 45.2. The van der Waals surface area contributed by atoms with Crippen molar-refractivity contribution in [3.05, 3.63) is 242 Å². The standard InChI is InChI=1S/C61H38F4N2/c62-49-27-21-43(22-28-49)48-37-58(66-54-29-23-44(39-13-5-1-6-14-39)33-50(54)51-34-45(24-30-55(51)66)40-15-7-2-8-16-40)60(61(63,64)65)59(38-48)67-56-31-25-46(41-17-9-3-10-18-41)35-52(56)53-36-47(26-32-57(53)67)42-19-11-4-12-20-42/h1-38H. The second kappa shape index (κ2) is 15.9. The second-order valence-corrected chi connectivity index (χ2v) is 17.0. The fourth-order valence-electron chi connectivity index (χ4n) is 9.87. The third-order valence-electron chi connectivity index (χ3n) is 13.0. The molecule has 2 aromatic heterocycles. The van der Waals surface area contributed by atoms with E-state index in [2.05, 4.69) is 24.3 Å². The molecular weight excluding hydrogens is 837 g/mol. The summed E-state index contributed by atoms with van der Waals surface area (Å²) in [6.45, 7) is 0. The molecule has 0 saturated heterocycles. The number of fused-ring (bicyclic) bond motifs is 6. The lowest BCUT2D eigenvalue weighted by Crippen LogP contribution is -2.16. The number of benzene rings is 10. The molecule has 0 radical (unpaired) electrons. The van der Waals surface area contributed by atoms with Crippen molar-refractivity contribution in [3.63, 3.8) is 0 Å². The Hall–Kier alpha value is -8.48. The molecule has 0 unspecified atom stereocenters. The van der Waals surface area contributed by atoms with E-state index in [1.165, 1.54) is 12.1 Å². The van der Waals surface area contributed by atoms with Crippen LogP contribution in [0.1, 0.15) is 5.56 Å². The fraction of sp³-hybridized carbons (Fsp3) is 0.0164. The van der Waals surface area contributed by atoms with Crippen LogP contribution in [0.25, 0.3) is 111 Å². The van der Waals surface area contributed by atoms with E-state index in [9.17, 15) is 4.39 Å². The van der Waals surface area contributed by atoms with E-state index in [-0.39, 0.29) is 11.4 Å². The Morgan fingerprint density at radius 1 is 0.269 bits per heavy atom. The zero-order valence-electron chi connectivity index (χ0n) is 35.8. The van der Waals surface area contributed by atoms with Crippen molar-refractivity contribution in [1.82, 2.24) is 9.13 Å². The average molecular weight is 875 g/mol. The van der Waals surface area contributed by atoms with Crippen molar-refractivity contribution < 1.29 is 17.6 Å². The smallest absolute Gasteiger partial charge is 0.309 e. The first-order valence-electron chi connectivity index (χ1n) is 22.2. The van der Waals surface area contributed by atoms with Crippen LogP contribution in [0.15, 0.2) is 231 Å². The highest BCUT2D eigenvalue weighted by atomic mass is 19.4. The first-order chi connectivity index (χ1) is 32.8. The molecule has 12 rings (SSSR count). The van der Waals surface area contributed by atoms with Gasteiger partial charge in [-0.3, -0.25) is 0 Å². The van der Waals surface area contributed by atoms with Crippen molar-refractivity contribution >= 4 is 43.6 Å². The summed E-state index contributed by atoms with van der Waals surface area (Å²) in [6.07, 6.45) is -4.85. The molecule has 0 aliphatic carbocycles. The van der Waals surface area contributed by atoms with Crippen LogP contribution in [-0.4, -0.2) is 9.13 Å². The maximum Gasteiger partial charge on any atom is 0.420 e. The molecule has 12 aromatic rings. The summed E-state index contributed by atoms with van der Waals surface area (Å²) in [5.74, 6) is -0.437. The van der Waals surface area contributed by atoms with Crippen molar-refractivity contribution in [2.24, 2.45) is 0 Å². The predicted molar refractivity (Wildman–Crippen MR) is 267 cm³/mol. The van der Waals surface area contributed by atoms with Gasteiger partial charge < -0.3 is 9.13 Å². The second-order valence-electron chi connectivity index (χ2n) is 17.0. The van der Waals surface area contributed by atoms with Crippen LogP contribution >= 0.6 is 0 Å². The van der Waals surface area contributed by atoms with E-state index in [1.54, 1.807) is 33.4 Å². The van der Waals surface area contributed by atoms with Crippen LogP contribution in [0.3, 0.4) is 0 Å². The van der Waals surface area contributed by atoms with E-state index in [0.717, 1.165) is 66.1 Å². The molecule has 0 aliphatic rings. The van der Waals surface area contributed by atoms with Crippen LogP contribution in [-0.2, 0) is 6.18 Å². The van der Waals surface area contributed by atoms with Crippen molar-refractivity contribution in [3.8, 4) is 67.0 Å². The van der Waals surface area contributed by atoms with Gasteiger partial charge in [0.15, 0.2) is 0 Å². The third-order valence-corrected chi connectivity index (χ3v) is 13.0. The summed E-state index contributed by atoms with van der Waals surface area (Å²) < 4.78 is 68.4. The van der Waals surface area contributed by atoms with Crippen LogP contribution in [0, 0.1) is 5.82 Å². The Morgan fingerprint density at radius 2 is 0.537 bits per heavy atom. The molecule has 0 saturated carbocycles. The summed E-state index contributed by atoms with van der Waals surface area (Å²) in [7, 11) is 0. The molecule has 0 aliphatic heterocycles. The normalized spacial score (nSPS) is 11.9. The number of nitrogens with zero attached hydrogens (tertiary/aromatic N) is 2. The maximum atomic E-state index is 16.7. The quantitative estimate of drug-likeness (QED) is 0.141. The Balaban J connectivity index is 1.21. The zero-order valence-corrected chi connectivity index (χ0v) is 35.8. The highest BCUT2D eigenvalue weighted by Gasteiger charge is 2.39. The number of alkyl halides is 3. The van der Waals surface area contributed by atoms with Gasteiger partial charge in [-0.15, -0.1) is 0 Å². The van der Waals surface area contributed by atoms with Gasteiger partial charge in [-0.25, -0.2) is 4.39 Å². The number of hydrogen-bond donors (Lipinski definition) is 0. The molecule has 0 amide bonds. The first-order valence-corrected chi connectivity index (χ1v) is 22.2. The molecule has 0 fully saturated rings. The average Bonchev–Trinajstić information content (AvgIpc) is 3.88. The Kier molecular flexibility index (Phi) is 9.50. The summed E-state index contributed by atoms with van der Waals surface area (Å²) >= 11 is 0. The number of rotatable bonds is 7. The lowest BCUT2D eigenvalue weighted by Gasteiger charge is -2.23. The Bertz CT molecular complexity index is 3400. The highest BCUT2D eigenvalue weighted by Crippen LogP contribution is 2.47. The molecular formula is C61H38F4N2. The molecule has 2 nitrogen and oxygen atoms in total. The molecule has 2 heterocycles. The summed E-state index contributed by atoms with van der Waals surface area (Å²) in [5.41, 5.74) is 10.5. The lowest BCUT2D eigenvalue weighted by molar-refractivity contribution is -0.137. The first kappa shape index (κ1) is 40.1. The van der Waals surface area contributed by atoms with Crippen LogP contribution < -0.4 is 0 Å². The van der Waals surface area contributed by atoms with Gasteiger partial charge in [0.1, 0.15) is 11.4 Å². The molecule has 0 bridgehead atoms. The fourth-order valence-corrected chi connectivity index (χ4v) is 9.87.